The van der Waals surface area contributed by atoms with Crippen molar-refractivity contribution in [3.8, 4) is 0 Å². The summed E-state index contributed by atoms with van der Waals surface area (Å²) in [5.41, 5.74) is 0.241. The van der Waals surface area contributed by atoms with E-state index in [4.69, 9.17) is 0 Å². The Morgan fingerprint density at radius 1 is 1.08 bits per heavy atom. The summed E-state index contributed by atoms with van der Waals surface area (Å²) in [6, 6.07) is 5.14. The quantitative estimate of drug-likeness (QED) is 0.820. The van der Waals surface area contributed by atoms with Gasteiger partial charge in [0.25, 0.3) is 0 Å². The van der Waals surface area contributed by atoms with Crippen molar-refractivity contribution in [3.63, 3.8) is 0 Å². The highest BCUT2D eigenvalue weighted by molar-refractivity contribution is 7.91. The molecule has 3 heterocycles. The maximum atomic E-state index is 11.6. The van der Waals surface area contributed by atoms with E-state index in [0.29, 0.717) is 17.5 Å². The van der Waals surface area contributed by atoms with E-state index in [2.05, 4.69) is 42.7 Å². The molecule has 2 aliphatic heterocycles. The summed E-state index contributed by atoms with van der Waals surface area (Å²) in [6.07, 6.45) is 2.33. The Hall–Kier alpha value is -0.430. The molecule has 0 saturated carbocycles. The molecule has 0 amide bonds. The summed E-state index contributed by atoms with van der Waals surface area (Å²) >= 11 is 1.94. The Balaban J connectivity index is 1.48. The summed E-state index contributed by atoms with van der Waals surface area (Å²) in [6.45, 7) is 11.6. The third-order valence-corrected chi connectivity index (χ3v) is 8.34. The molecule has 24 heavy (non-hydrogen) atoms. The van der Waals surface area contributed by atoms with Crippen LogP contribution in [0.4, 0.5) is 0 Å². The van der Waals surface area contributed by atoms with Crippen molar-refractivity contribution in [1.29, 1.82) is 0 Å². The van der Waals surface area contributed by atoms with Crippen molar-refractivity contribution < 1.29 is 8.42 Å². The van der Waals surface area contributed by atoms with E-state index in [1.165, 1.54) is 9.75 Å². The molecule has 6 heteroatoms. The number of hydrogen-bond donors (Lipinski definition) is 0. The molecule has 0 bridgehead atoms. The van der Waals surface area contributed by atoms with Gasteiger partial charge in [0.2, 0.25) is 0 Å². The summed E-state index contributed by atoms with van der Waals surface area (Å²) < 4.78 is 23.1. The van der Waals surface area contributed by atoms with Gasteiger partial charge in [-0.2, -0.15) is 0 Å². The van der Waals surface area contributed by atoms with Crippen LogP contribution in [0, 0.1) is 0 Å². The lowest BCUT2D eigenvalue weighted by Crippen LogP contribution is -2.50. The fraction of sp³-hybridized carbons (Fsp3) is 0.778. The van der Waals surface area contributed by atoms with Crippen molar-refractivity contribution in [2.45, 2.75) is 51.6 Å². The molecule has 3 rings (SSSR count). The molecule has 0 aromatic carbocycles. The van der Waals surface area contributed by atoms with Gasteiger partial charge in [0.15, 0.2) is 9.84 Å². The molecule has 2 saturated heterocycles. The first kappa shape index (κ1) is 18.4. The first-order valence-corrected chi connectivity index (χ1v) is 11.6. The van der Waals surface area contributed by atoms with Gasteiger partial charge in [0.05, 0.1) is 11.5 Å². The number of rotatable bonds is 3. The van der Waals surface area contributed by atoms with Gasteiger partial charge in [0, 0.05) is 48.5 Å². The lowest BCUT2D eigenvalue weighted by Gasteiger charge is -2.40. The van der Waals surface area contributed by atoms with Crippen LogP contribution in [0.3, 0.4) is 0 Å². The predicted molar refractivity (Wildman–Crippen MR) is 102 cm³/mol. The molecule has 0 atom stereocenters. The maximum Gasteiger partial charge on any atom is 0.152 e. The van der Waals surface area contributed by atoms with Crippen LogP contribution >= 0.6 is 11.3 Å². The monoisotopic (exact) mass is 370 g/mol. The normalized spacial score (nSPS) is 24.3. The number of thiophene rings is 1. The SMILES string of the molecule is CC(C)(C)c1ccc(CN2CCC(N3CCS(=O)(=O)CC3)CC2)s1. The molecule has 2 fully saturated rings. The van der Waals surface area contributed by atoms with Gasteiger partial charge in [-0.3, -0.25) is 9.80 Å². The van der Waals surface area contributed by atoms with Crippen LogP contribution in [0.5, 0.6) is 0 Å². The number of nitrogens with zero attached hydrogens (tertiary/aromatic N) is 2. The van der Waals surface area contributed by atoms with Crippen LogP contribution in [-0.4, -0.2) is 61.9 Å². The Bertz CT molecular complexity index is 639. The maximum absolute atomic E-state index is 11.6. The topological polar surface area (TPSA) is 40.6 Å². The smallest absolute Gasteiger partial charge is 0.152 e. The molecule has 1 aromatic rings. The zero-order valence-corrected chi connectivity index (χ0v) is 16.8. The molecule has 1 aromatic heterocycles. The Labute approximate surface area is 150 Å². The molecule has 4 nitrogen and oxygen atoms in total. The number of piperidine rings is 1. The first-order valence-electron chi connectivity index (χ1n) is 8.99. The highest BCUT2D eigenvalue weighted by atomic mass is 32.2. The summed E-state index contributed by atoms with van der Waals surface area (Å²) in [7, 11) is -2.77. The second-order valence-corrected chi connectivity index (χ2v) is 11.7. The molecule has 0 radical (unpaired) electrons. The zero-order valence-electron chi connectivity index (χ0n) is 15.1. The van der Waals surface area contributed by atoms with Crippen LogP contribution in [0.1, 0.15) is 43.4 Å². The van der Waals surface area contributed by atoms with Gasteiger partial charge in [-0.05, 0) is 30.4 Å². The number of hydrogen-bond acceptors (Lipinski definition) is 5. The minimum absolute atomic E-state index is 0.241. The van der Waals surface area contributed by atoms with E-state index in [0.717, 1.165) is 45.6 Å². The highest BCUT2D eigenvalue weighted by Crippen LogP contribution is 2.30. The second kappa shape index (κ2) is 7.06. The van der Waals surface area contributed by atoms with E-state index in [-0.39, 0.29) is 5.41 Å². The molecular weight excluding hydrogens is 340 g/mol. The molecule has 0 unspecified atom stereocenters. The van der Waals surface area contributed by atoms with Crippen molar-refractivity contribution in [1.82, 2.24) is 9.80 Å². The first-order chi connectivity index (χ1) is 11.2. The van der Waals surface area contributed by atoms with Crippen molar-refractivity contribution in [2.24, 2.45) is 0 Å². The zero-order chi connectivity index (χ0) is 17.4. The number of likely N-dealkylation sites (tertiary alicyclic amines) is 1. The van der Waals surface area contributed by atoms with Crippen LogP contribution in [-0.2, 0) is 21.8 Å². The van der Waals surface area contributed by atoms with E-state index in [1.54, 1.807) is 0 Å². The standard InChI is InChI=1S/C18H30N2O2S2/c1-18(2,3)17-5-4-16(23-17)14-19-8-6-15(7-9-19)20-10-12-24(21,22)13-11-20/h4-5,15H,6-14H2,1-3H3. The van der Waals surface area contributed by atoms with Crippen LogP contribution in [0.15, 0.2) is 12.1 Å². The van der Waals surface area contributed by atoms with Crippen molar-refractivity contribution in [2.75, 3.05) is 37.7 Å². The number of sulfone groups is 1. The minimum Gasteiger partial charge on any atom is -0.298 e. The molecule has 0 spiro atoms. The van der Waals surface area contributed by atoms with Crippen molar-refractivity contribution >= 4 is 21.2 Å². The Morgan fingerprint density at radius 3 is 2.25 bits per heavy atom. The van der Waals surface area contributed by atoms with E-state index in [9.17, 15) is 8.42 Å². The molecule has 0 N–H and O–H groups in total. The molecule has 0 aliphatic carbocycles. The fourth-order valence-corrected chi connectivity index (χ4v) is 5.96. The largest absolute Gasteiger partial charge is 0.298 e. The van der Waals surface area contributed by atoms with Crippen LogP contribution in [0.2, 0.25) is 0 Å². The highest BCUT2D eigenvalue weighted by Gasteiger charge is 2.29. The third kappa shape index (κ3) is 4.59. The van der Waals surface area contributed by atoms with Gasteiger partial charge >= 0.3 is 0 Å². The predicted octanol–water partition coefficient (Wildman–Crippen LogP) is 2.74. The lowest BCUT2D eigenvalue weighted by atomic mass is 9.95. The van der Waals surface area contributed by atoms with Gasteiger partial charge < -0.3 is 0 Å². The van der Waals surface area contributed by atoms with Crippen molar-refractivity contribution in [3.05, 3.63) is 21.9 Å². The van der Waals surface area contributed by atoms with Gasteiger partial charge in [-0.25, -0.2) is 8.42 Å². The van der Waals surface area contributed by atoms with Gasteiger partial charge in [-0.15, -0.1) is 11.3 Å². The fourth-order valence-electron chi connectivity index (χ4n) is 3.62. The van der Waals surface area contributed by atoms with E-state index >= 15 is 0 Å². The summed E-state index contributed by atoms with van der Waals surface area (Å²) in [5.74, 6) is 0.690. The molecular formula is C18H30N2O2S2. The van der Waals surface area contributed by atoms with E-state index < -0.39 is 9.84 Å². The summed E-state index contributed by atoms with van der Waals surface area (Å²) in [5, 5.41) is 0. The second-order valence-electron chi connectivity index (χ2n) is 8.21. The lowest BCUT2D eigenvalue weighted by molar-refractivity contribution is 0.112. The Kier molecular flexibility index (Phi) is 5.40. The summed E-state index contributed by atoms with van der Waals surface area (Å²) in [4.78, 5) is 7.88. The van der Waals surface area contributed by atoms with Gasteiger partial charge in [0.1, 0.15) is 0 Å². The molecule has 2 aliphatic rings. The average Bonchev–Trinajstić information content (AvgIpc) is 2.97. The average molecular weight is 371 g/mol. The van der Waals surface area contributed by atoms with E-state index in [1.807, 2.05) is 11.3 Å². The Morgan fingerprint density at radius 2 is 1.71 bits per heavy atom. The minimum atomic E-state index is -2.77. The van der Waals surface area contributed by atoms with Crippen LogP contribution < -0.4 is 0 Å². The van der Waals surface area contributed by atoms with Gasteiger partial charge in [-0.1, -0.05) is 20.8 Å². The van der Waals surface area contributed by atoms with Crippen LogP contribution in [0.25, 0.3) is 0 Å². The third-order valence-electron chi connectivity index (χ3n) is 5.23. The molecule has 136 valence electrons.